The Morgan fingerprint density at radius 1 is 1.33 bits per heavy atom. The average Bonchev–Trinajstić information content (AvgIpc) is 2.03. The lowest BCUT2D eigenvalue weighted by Gasteiger charge is -1.98. The first-order valence-corrected chi connectivity index (χ1v) is 4.40. The van der Waals surface area contributed by atoms with Crippen molar-refractivity contribution < 1.29 is 4.79 Å². The predicted octanol–water partition coefficient (Wildman–Crippen LogP) is 2.50. The molecule has 0 unspecified atom stereocenters. The van der Waals surface area contributed by atoms with Gasteiger partial charge in [-0.1, -0.05) is 12.1 Å². The van der Waals surface area contributed by atoms with E-state index in [2.05, 4.69) is 12.6 Å². The average molecular weight is 180 g/mol. The smallest absolute Gasteiger partial charge is 0.130 e. The molecule has 0 fully saturated rings. The third-order valence-electron chi connectivity index (χ3n) is 1.70. The Bertz CT molecular complexity index is 264. The van der Waals surface area contributed by atoms with Crippen LogP contribution in [0.15, 0.2) is 29.2 Å². The van der Waals surface area contributed by atoms with Crippen molar-refractivity contribution in [3.8, 4) is 0 Å². The van der Waals surface area contributed by atoms with Crippen molar-refractivity contribution >= 4 is 18.4 Å². The molecule has 1 aromatic carbocycles. The Balaban J connectivity index is 2.53. The first kappa shape index (κ1) is 9.33. The van der Waals surface area contributed by atoms with E-state index in [1.165, 1.54) is 5.56 Å². The molecule has 1 rings (SSSR count). The maximum Gasteiger partial charge on any atom is 0.130 e. The Morgan fingerprint density at radius 3 is 2.42 bits per heavy atom. The van der Waals surface area contributed by atoms with Crippen LogP contribution in [0.4, 0.5) is 0 Å². The highest BCUT2D eigenvalue weighted by molar-refractivity contribution is 7.80. The molecule has 2 heteroatoms. The number of carbonyl (C=O) groups excluding carboxylic acids is 1. The molecule has 0 aromatic heterocycles. The Kier molecular flexibility index (Phi) is 3.35. The molecule has 0 saturated heterocycles. The van der Waals surface area contributed by atoms with Gasteiger partial charge in [-0.25, -0.2) is 0 Å². The summed E-state index contributed by atoms with van der Waals surface area (Å²) >= 11 is 4.17. The lowest BCUT2D eigenvalue weighted by Crippen LogP contribution is -1.93. The third kappa shape index (κ3) is 3.09. The van der Waals surface area contributed by atoms with Crippen LogP contribution in [0.1, 0.15) is 18.9 Å². The molecule has 0 saturated carbocycles. The van der Waals surface area contributed by atoms with Crippen molar-refractivity contribution in [2.24, 2.45) is 0 Å². The quantitative estimate of drug-likeness (QED) is 0.707. The van der Waals surface area contributed by atoms with E-state index in [0.717, 1.165) is 11.3 Å². The van der Waals surface area contributed by atoms with Crippen molar-refractivity contribution in [3.05, 3.63) is 29.8 Å². The van der Waals surface area contributed by atoms with E-state index < -0.39 is 0 Å². The molecule has 0 amide bonds. The van der Waals surface area contributed by atoms with E-state index in [1.54, 1.807) is 6.92 Å². The second-order valence-corrected chi connectivity index (χ2v) is 3.38. The van der Waals surface area contributed by atoms with Gasteiger partial charge >= 0.3 is 0 Å². The second-order valence-electron chi connectivity index (χ2n) is 2.87. The van der Waals surface area contributed by atoms with Crippen molar-refractivity contribution in [2.45, 2.75) is 24.7 Å². The van der Waals surface area contributed by atoms with Gasteiger partial charge < -0.3 is 4.79 Å². The molecule has 0 aliphatic carbocycles. The van der Waals surface area contributed by atoms with Gasteiger partial charge in [0.1, 0.15) is 5.78 Å². The molecule has 0 aliphatic heterocycles. The minimum Gasteiger partial charge on any atom is -0.300 e. The number of ketones is 1. The maximum absolute atomic E-state index is 10.7. The molecular weight excluding hydrogens is 168 g/mol. The lowest BCUT2D eigenvalue weighted by molar-refractivity contribution is -0.116. The number of hydrogen-bond acceptors (Lipinski definition) is 2. The van der Waals surface area contributed by atoms with Crippen molar-refractivity contribution in [3.63, 3.8) is 0 Å². The van der Waals surface area contributed by atoms with Crippen molar-refractivity contribution in [1.82, 2.24) is 0 Å². The highest BCUT2D eigenvalue weighted by Gasteiger charge is 1.95. The first-order valence-electron chi connectivity index (χ1n) is 3.96. The Labute approximate surface area is 78.2 Å². The van der Waals surface area contributed by atoms with Gasteiger partial charge in [-0.3, -0.25) is 0 Å². The number of aryl methyl sites for hydroxylation is 1. The lowest BCUT2D eigenvalue weighted by atomic mass is 10.1. The zero-order chi connectivity index (χ0) is 8.97. The third-order valence-corrected chi connectivity index (χ3v) is 2.00. The van der Waals surface area contributed by atoms with E-state index in [9.17, 15) is 4.79 Å². The topological polar surface area (TPSA) is 17.1 Å². The summed E-state index contributed by atoms with van der Waals surface area (Å²) in [5, 5.41) is 0. The second kappa shape index (κ2) is 4.31. The summed E-state index contributed by atoms with van der Waals surface area (Å²) in [6.07, 6.45) is 1.47. The largest absolute Gasteiger partial charge is 0.300 e. The predicted molar refractivity (Wildman–Crippen MR) is 52.7 cm³/mol. The van der Waals surface area contributed by atoms with Crippen LogP contribution in [0, 0.1) is 0 Å². The molecular formula is C10H12OS. The Hall–Kier alpha value is -0.760. The van der Waals surface area contributed by atoms with Gasteiger partial charge in [-0.2, -0.15) is 0 Å². The minimum atomic E-state index is 0.241. The summed E-state index contributed by atoms with van der Waals surface area (Å²) in [6, 6.07) is 7.90. The van der Waals surface area contributed by atoms with Crippen LogP contribution < -0.4 is 0 Å². The van der Waals surface area contributed by atoms with Crippen LogP contribution in [0.3, 0.4) is 0 Å². The van der Waals surface area contributed by atoms with E-state index in [0.29, 0.717) is 6.42 Å². The van der Waals surface area contributed by atoms with Gasteiger partial charge in [0.2, 0.25) is 0 Å². The zero-order valence-corrected chi connectivity index (χ0v) is 7.97. The van der Waals surface area contributed by atoms with Crippen LogP contribution in [0.25, 0.3) is 0 Å². The van der Waals surface area contributed by atoms with E-state index >= 15 is 0 Å². The van der Waals surface area contributed by atoms with E-state index in [4.69, 9.17) is 0 Å². The molecule has 0 radical (unpaired) electrons. The monoisotopic (exact) mass is 180 g/mol. The number of benzene rings is 1. The standard InChI is InChI=1S/C10H12OS/c1-8(11)2-3-9-4-6-10(12)7-5-9/h4-7,12H,2-3H2,1H3. The molecule has 0 bridgehead atoms. The summed E-state index contributed by atoms with van der Waals surface area (Å²) in [5.41, 5.74) is 1.20. The summed E-state index contributed by atoms with van der Waals surface area (Å²) in [5.74, 6) is 0.241. The highest BCUT2D eigenvalue weighted by atomic mass is 32.1. The summed E-state index contributed by atoms with van der Waals surface area (Å²) in [4.78, 5) is 11.6. The fourth-order valence-corrected chi connectivity index (χ4v) is 1.13. The fraction of sp³-hybridized carbons (Fsp3) is 0.300. The molecule has 64 valence electrons. The molecule has 0 heterocycles. The van der Waals surface area contributed by atoms with Gasteiger partial charge in [-0.05, 0) is 31.0 Å². The number of rotatable bonds is 3. The van der Waals surface area contributed by atoms with Crippen LogP contribution in [0.5, 0.6) is 0 Å². The molecule has 12 heavy (non-hydrogen) atoms. The van der Waals surface area contributed by atoms with Gasteiger partial charge in [0, 0.05) is 11.3 Å². The molecule has 1 aromatic rings. The number of carbonyl (C=O) groups is 1. The normalized spacial score (nSPS) is 9.83. The molecule has 1 nitrogen and oxygen atoms in total. The van der Waals surface area contributed by atoms with Crippen LogP contribution >= 0.6 is 12.6 Å². The highest BCUT2D eigenvalue weighted by Crippen LogP contribution is 2.09. The molecule has 0 atom stereocenters. The van der Waals surface area contributed by atoms with Gasteiger partial charge in [-0.15, -0.1) is 12.6 Å². The summed E-state index contributed by atoms with van der Waals surface area (Å²) < 4.78 is 0. The number of hydrogen-bond donors (Lipinski definition) is 1. The van der Waals surface area contributed by atoms with Gasteiger partial charge in [0.25, 0.3) is 0 Å². The first-order chi connectivity index (χ1) is 5.68. The molecule has 0 N–H and O–H groups in total. The molecule has 0 aliphatic rings. The summed E-state index contributed by atoms with van der Waals surface area (Å²) in [7, 11) is 0. The van der Waals surface area contributed by atoms with Crippen LogP contribution in [-0.4, -0.2) is 5.78 Å². The minimum absolute atomic E-state index is 0.241. The molecule has 0 spiro atoms. The number of thiol groups is 1. The number of Topliss-reactive ketones (excluding diaryl/α,β-unsaturated/α-hetero) is 1. The SMILES string of the molecule is CC(=O)CCc1ccc(S)cc1. The maximum atomic E-state index is 10.7. The van der Waals surface area contributed by atoms with Crippen LogP contribution in [-0.2, 0) is 11.2 Å². The summed E-state index contributed by atoms with van der Waals surface area (Å²) in [6.45, 7) is 1.62. The van der Waals surface area contributed by atoms with Crippen molar-refractivity contribution in [2.75, 3.05) is 0 Å². The Morgan fingerprint density at radius 2 is 1.92 bits per heavy atom. The van der Waals surface area contributed by atoms with Gasteiger partial charge in [0.05, 0.1) is 0 Å². The van der Waals surface area contributed by atoms with E-state index in [1.807, 2.05) is 24.3 Å². The zero-order valence-electron chi connectivity index (χ0n) is 7.08. The van der Waals surface area contributed by atoms with Crippen LogP contribution in [0.2, 0.25) is 0 Å². The fourth-order valence-electron chi connectivity index (χ4n) is 0.983. The van der Waals surface area contributed by atoms with Gasteiger partial charge in [0.15, 0.2) is 0 Å². The van der Waals surface area contributed by atoms with E-state index in [-0.39, 0.29) is 5.78 Å². The van der Waals surface area contributed by atoms with Crippen molar-refractivity contribution in [1.29, 1.82) is 0 Å².